The summed E-state index contributed by atoms with van der Waals surface area (Å²) in [4.78, 5) is 16.6. The molecule has 1 fully saturated rings. The van der Waals surface area contributed by atoms with E-state index in [0.717, 1.165) is 50.9 Å². The van der Waals surface area contributed by atoms with Crippen molar-refractivity contribution in [3.63, 3.8) is 0 Å². The van der Waals surface area contributed by atoms with E-state index in [9.17, 15) is 13.6 Å². The van der Waals surface area contributed by atoms with Crippen LogP contribution in [0, 0.1) is 17.6 Å². The minimum Gasteiger partial charge on any atom is -0.352 e. The van der Waals surface area contributed by atoms with Gasteiger partial charge < -0.3 is 15.1 Å². The Labute approximate surface area is 130 Å². The third kappa shape index (κ3) is 4.74. The number of piperazine rings is 1. The monoisotopic (exact) mass is 311 g/mol. The number of likely N-dealkylation sites (N-methyl/N-ethyl adjacent to an activating group) is 1. The predicted molar refractivity (Wildman–Crippen MR) is 81.8 cm³/mol. The van der Waals surface area contributed by atoms with E-state index in [1.807, 2.05) is 6.92 Å². The summed E-state index contributed by atoms with van der Waals surface area (Å²) in [5.41, 5.74) is -0.244. The molecule has 1 aliphatic heterocycles. The first-order valence-electron chi connectivity index (χ1n) is 7.60. The summed E-state index contributed by atoms with van der Waals surface area (Å²) >= 11 is 0. The Morgan fingerprint density at radius 3 is 2.64 bits per heavy atom. The lowest BCUT2D eigenvalue weighted by atomic mass is 10.1. The van der Waals surface area contributed by atoms with Crippen molar-refractivity contribution < 1.29 is 13.6 Å². The Hall–Kier alpha value is -1.53. The van der Waals surface area contributed by atoms with Gasteiger partial charge in [-0.3, -0.25) is 4.79 Å². The Balaban J connectivity index is 1.79. The van der Waals surface area contributed by atoms with Gasteiger partial charge in [-0.1, -0.05) is 6.92 Å². The van der Waals surface area contributed by atoms with Crippen molar-refractivity contribution in [1.82, 2.24) is 15.1 Å². The molecule has 1 N–H and O–H groups in total. The molecule has 6 heteroatoms. The first-order valence-corrected chi connectivity index (χ1v) is 7.60. The largest absolute Gasteiger partial charge is 0.352 e. The van der Waals surface area contributed by atoms with E-state index in [1.54, 1.807) is 0 Å². The van der Waals surface area contributed by atoms with Gasteiger partial charge in [0.25, 0.3) is 5.91 Å². The number of carbonyl (C=O) groups is 1. The maximum atomic E-state index is 13.5. The maximum absolute atomic E-state index is 13.5. The molecular formula is C16H23F2N3O. The number of halogens is 2. The third-order valence-corrected chi connectivity index (χ3v) is 3.95. The fourth-order valence-electron chi connectivity index (χ4n) is 2.57. The molecule has 1 heterocycles. The van der Waals surface area contributed by atoms with Crippen LogP contribution in [0.25, 0.3) is 0 Å². The van der Waals surface area contributed by atoms with Gasteiger partial charge in [-0.25, -0.2) is 8.78 Å². The van der Waals surface area contributed by atoms with Crippen LogP contribution in [0.5, 0.6) is 0 Å². The molecule has 1 amide bonds. The zero-order valence-corrected chi connectivity index (χ0v) is 13.1. The number of carbonyl (C=O) groups excluding carboxylic acids is 1. The van der Waals surface area contributed by atoms with Crippen molar-refractivity contribution in [1.29, 1.82) is 0 Å². The van der Waals surface area contributed by atoms with Crippen LogP contribution in [0.2, 0.25) is 0 Å². The minimum absolute atomic E-state index is 0.244. The molecule has 2 rings (SSSR count). The number of amides is 1. The van der Waals surface area contributed by atoms with Crippen molar-refractivity contribution in [2.75, 3.05) is 46.3 Å². The molecule has 1 aromatic rings. The van der Waals surface area contributed by atoms with E-state index in [1.165, 1.54) is 0 Å². The number of hydrogen-bond acceptors (Lipinski definition) is 3. The summed E-state index contributed by atoms with van der Waals surface area (Å²) in [6.07, 6.45) is 0. The topological polar surface area (TPSA) is 35.6 Å². The highest BCUT2D eigenvalue weighted by molar-refractivity contribution is 5.94. The van der Waals surface area contributed by atoms with Crippen LogP contribution < -0.4 is 5.32 Å². The van der Waals surface area contributed by atoms with E-state index in [4.69, 9.17) is 0 Å². The van der Waals surface area contributed by atoms with Gasteiger partial charge in [-0.15, -0.1) is 0 Å². The molecule has 0 aliphatic carbocycles. The molecular weight excluding hydrogens is 288 g/mol. The van der Waals surface area contributed by atoms with E-state index in [-0.39, 0.29) is 11.5 Å². The SMILES string of the molecule is C[C@H](CNC(=O)c1cc(F)ccc1F)CN1CCN(C)CC1. The smallest absolute Gasteiger partial charge is 0.254 e. The zero-order valence-electron chi connectivity index (χ0n) is 13.1. The van der Waals surface area contributed by atoms with Crippen LogP contribution in [0.15, 0.2) is 18.2 Å². The fraction of sp³-hybridized carbons (Fsp3) is 0.562. The Morgan fingerprint density at radius 1 is 1.27 bits per heavy atom. The molecule has 0 aromatic heterocycles. The lowest BCUT2D eigenvalue weighted by Crippen LogP contribution is -2.46. The van der Waals surface area contributed by atoms with Gasteiger partial charge in [-0.2, -0.15) is 0 Å². The lowest BCUT2D eigenvalue weighted by molar-refractivity contribution is 0.0933. The second-order valence-electron chi connectivity index (χ2n) is 6.04. The van der Waals surface area contributed by atoms with E-state index < -0.39 is 17.5 Å². The third-order valence-electron chi connectivity index (χ3n) is 3.95. The molecule has 1 aliphatic rings. The van der Waals surface area contributed by atoms with Gasteiger partial charge in [0.1, 0.15) is 11.6 Å². The number of nitrogens with one attached hydrogen (secondary N) is 1. The summed E-state index contributed by atoms with van der Waals surface area (Å²) < 4.78 is 26.6. The van der Waals surface area contributed by atoms with Crippen molar-refractivity contribution in [2.24, 2.45) is 5.92 Å². The number of hydrogen-bond donors (Lipinski definition) is 1. The minimum atomic E-state index is -0.703. The summed E-state index contributed by atoms with van der Waals surface area (Å²) in [5, 5.41) is 2.68. The average Bonchev–Trinajstić information content (AvgIpc) is 2.49. The molecule has 0 bridgehead atoms. The maximum Gasteiger partial charge on any atom is 0.254 e. The molecule has 1 atom stereocenters. The second kappa shape index (κ2) is 7.65. The Kier molecular flexibility index (Phi) is 5.85. The normalized spacial score (nSPS) is 18.2. The van der Waals surface area contributed by atoms with Crippen LogP contribution >= 0.6 is 0 Å². The van der Waals surface area contributed by atoms with Gasteiger partial charge >= 0.3 is 0 Å². The zero-order chi connectivity index (χ0) is 16.1. The van der Waals surface area contributed by atoms with Gasteiger partial charge in [0.05, 0.1) is 5.56 Å². The highest BCUT2D eigenvalue weighted by Gasteiger charge is 2.17. The van der Waals surface area contributed by atoms with E-state index in [2.05, 4.69) is 22.2 Å². The molecule has 1 aromatic carbocycles. The quantitative estimate of drug-likeness (QED) is 0.897. The molecule has 0 unspecified atom stereocenters. The molecule has 0 spiro atoms. The average molecular weight is 311 g/mol. The summed E-state index contributed by atoms with van der Waals surface area (Å²) in [7, 11) is 2.11. The summed E-state index contributed by atoms with van der Waals surface area (Å²) in [6, 6.07) is 2.90. The molecule has 22 heavy (non-hydrogen) atoms. The van der Waals surface area contributed by atoms with Crippen molar-refractivity contribution >= 4 is 5.91 Å². The molecule has 4 nitrogen and oxygen atoms in total. The van der Waals surface area contributed by atoms with Crippen molar-refractivity contribution in [2.45, 2.75) is 6.92 Å². The molecule has 122 valence electrons. The second-order valence-corrected chi connectivity index (χ2v) is 6.04. The molecule has 0 saturated carbocycles. The van der Waals surface area contributed by atoms with Crippen molar-refractivity contribution in [3.8, 4) is 0 Å². The standard InChI is InChI=1S/C16H23F2N3O/c1-12(11-21-7-5-20(2)6-8-21)10-19-16(22)14-9-13(17)3-4-15(14)18/h3-4,9,12H,5-8,10-11H2,1-2H3,(H,19,22)/t12-/m1/s1. The number of benzene rings is 1. The first-order chi connectivity index (χ1) is 10.5. The fourth-order valence-corrected chi connectivity index (χ4v) is 2.57. The van der Waals surface area contributed by atoms with Gasteiger partial charge in [0.15, 0.2) is 0 Å². The summed E-state index contributed by atoms with van der Waals surface area (Å²) in [6.45, 7) is 7.52. The summed E-state index contributed by atoms with van der Waals surface area (Å²) in [5.74, 6) is -1.63. The molecule has 1 saturated heterocycles. The lowest BCUT2D eigenvalue weighted by Gasteiger charge is -2.33. The molecule has 0 radical (unpaired) electrons. The number of nitrogens with zero attached hydrogens (tertiary/aromatic N) is 2. The Morgan fingerprint density at radius 2 is 1.95 bits per heavy atom. The van der Waals surface area contributed by atoms with Crippen LogP contribution in [-0.4, -0.2) is 62.0 Å². The first kappa shape index (κ1) is 16.8. The highest BCUT2D eigenvalue weighted by Crippen LogP contribution is 2.10. The van der Waals surface area contributed by atoms with E-state index in [0.29, 0.717) is 6.54 Å². The van der Waals surface area contributed by atoms with Crippen LogP contribution in [0.1, 0.15) is 17.3 Å². The number of rotatable bonds is 5. The van der Waals surface area contributed by atoms with Gasteiger partial charge in [0, 0.05) is 39.3 Å². The van der Waals surface area contributed by atoms with Gasteiger partial charge in [0.2, 0.25) is 0 Å². The highest BCUT2D eigenvalue weighted by atomic mass is 19.1. The van der Waals surface area contributed by atoms with Crippen molar-refractivity contribution in [3.05, 3.63) is 35.4 Å². The van der Waals surface area contributed by atoms with Crippen LogP contribution in [-0.2, 0) is 0 Å². The van der Waals surface area contributed by atoms with Crippen LogP contribution in [0.3, 0.4) is 0 Å². The Bertz CT molecular complexity index is 516. The predicted octanol–water partition coefficient (Wildman–Crippen LogP) is 1.58. The van der Waals surface area contributed by atoms with E-state index >= 15 is 0 Å². The van der Waals surface area contributed by atoms with Crippen LogP contribution in [0.4, 0.5) is 8.78 Å². The van der Waals surface area contributed by atoms with Gasteiger partial charge in [-0.05, 0) is 31.2 Å².